The van der Waals surface area contributed by atoms with Crippen LogP contribution in [-0.2, 0) is 19.5 Å². The van der Waals surface area contributed by atoms with E-state index in [1.54, 1.807) is 0 Å². The van der Waals surface area contributed by atoms with Gasteiger partial charge in [0.05, 0.1) is 5.69 Å². The zero-order valence-corrected chi connectivity index (χ0v) is 19.6. The maximum absolute atomic E-state index is 5.54. The second-order valence-corrected chi connectivity index (χ2v) is 10.0. The summed E-state index contributed by atoms with van der Waals surface area (Å²) in [6, 6.07) is 9.28. The van der Waals surface area contributed by atoms with Crippen LogP contribution in [-0.4, -0.2) is 77.0 Å². The molecule has 1 aromatic heterocycles. The third-order valence-corrected chi connectivity index (χ3v) is 6.94. The number of nitrogens with one attached hydrogen (secondary N) is 1. The van der Waals surface area contributed by atoms with Gasteiger partial charge in [-0.2, -0.15) is 5.10 Å². The SMILES string of the molecule is CC(C)Cc1cc(CN2CCC[C@@H](N3CCN(Cc4ccc5c(c4)OCO5)CC3)C2)[nH]n1. The van der Waals surface area contributed by atoms with E-state index in [9.17, 15) is 0 Å². The van der Waals surface area contributed by atoms with Gasteiger partial charge in [0.15, 0.2) is 11.5 Å². The van der Waals surface area contributed by atoms with Gasteiger partial charge in [0.2, 0.25) is 6.79 Å². The van der Waals surface area contributed by atoms with E-state index in [0.29, 0.717) is 18.8 Å². The van der Waals surface area contributed by atoms with Crippen LogP contribution >= 0.6 is 0 Å². The molecule has 1 aromatic carbocycles. The van der Waals surface area contributed by atoms with Crippen LogP contribution in [0.5, 0.6) is 11.5 Å². The van der Waals surface area contributed by atoms with Crippen LogP contribution in [0.25, 0.3) is 0 Å². The van der Waals surface area contributed by atoms with Crippen LogP contribution in [0.4, 0.5) is 0 Å². The summed E-state index contributed by atoms with van der Waals surface area (Å²) in [5.41, 5.74) is 3.76. The van der Waals surface area contributed by atoms with Gasteiger partial charge in [0, 0.05) is 57.5 Å². The molecule has 7 nitrogen and oxygen atoms in total. The smallest absolute Gasteiger partial charge is 0.231 e. The van der Waals surface area contributed by atoms with Gasteiger partial charge in [0.1, 0.15) is 0 Å². The lowest BCUT2D eigenvalue weighted by molar-refractivity contribution is 0.0474. The molecule has 3 aliphatic heterocycles. The molecule has 0 saturated carbocycles. The average Bonchev–Trinajstić information content (AvgIpc) is 3.43. The van der Waals surface area contributed by atoms with Crippen molar-refractivity contribution in [3.63, 3.8) is 0 Å². The molecule has 4 heterocycles. The fourth-order valence-corrected chi connectivity index (χ4v) is 5.31. The number of nitrogens with zero attached hydrogens (tertiary/aromatic N) is 4. The standard InChI is InChI=1S/C25H37N5O2/c1-19(2)12-21-14-22(27-26-21)16-29-7-3-4-23(17-29)30-10-8-28(9-11-30)15-20-5-6-24-25(13-20)32-18-31-24/h5-6,13-14,19,23H,3-4,7-12,15-18H2,1-2H3,(H,26,27)/t23-/m1/s1. The highest BCUT2D eigenvalue weighted by Crippen LogP contribution is 2.33. The van der Waals surface area contributed by atoms with Crippen LogP contribution in [0.1, 0.15) is 43.6 Å². The minimum absolute atomic E-state index is 0.343. The highest BCUT2D eigenvalue weighted by atomic mass is 16.7. The van der Waals surface area contributed by atoms with Gasteiger partial charge < -0.3 is 9.47 Å². The number of fused-ring (bicyclic) bond motifs is 1. The van der Waals surface area contributed by atoms with Gasteiger partial charge in [-0.15, -0.1) is 0 Å². The minimum atomic E-state index is 0.343. The second kappa shape index (κ2) is 9.81. The molecular formula is C25H37N5O2. The molecule has 0 radical (unpaired) electrons. The summed E-state index contributed by atoms with van der Waals surface area (Å²) in [5, 5.41) is 7.78. The summed E-state index contributed by atoms with van der Waals surface area (Å²) in [4.78, 5) is 7.90. The first kappa shape index (κ1) is 21.7. The van der Waals surface area contributed by atoms with Gasteiger partial charge in [-0.1, -0.05) is 19.9 Å². The van der Waals surface area contributed by atoms with Crippen molar-refractivity contribution in [1.29, 1.82) is 0 Å². The predicted molar refractivity (Wildman–Crippen MR) is 125 cm³/mol. The summed E-state index contributed by atoms with van der Waals surface area (Å²) in [5.74, 6) is 2.40. The van der Waals surface area contributed by atoms with E-state index in [1.165, 1.54) is 42.9 Å². The van der Waals surface area contributed by atoms with Crippen molar-refractivity contribution in [1.82, 2.24) is 24.9 Å². The Bertz CT molecular complexity index is 890. The number of piperazine rings is 1. The second-order valence-electron chi connectivity index (χ2n) is 10.0. The predicted octanol–water partition coefficient (Wildman–Crippen LogP) is 3.12. The lowest BCUT2D eigenvalue weighted by Gasteiger charge is -2.43. The van der Waals surface area contributed by atoms with E-state index in [-0.39, 0.29) is 0 Å². The molecule has 0 amide bonds. The van der Waals surface area contributed by atoms with Gasteiger partial charge in [-0.25, -0.2) is 0 Å². The maximum atomic E-state index is 5.54. The summed E-state index contributed by atoms with van der Waals surface area (Å²) >= 11 is 0. The van der Waals surface area contributed by atoms with Crippen LogP contribution in [0.15, 0.2) is 24.3 Å². The molecule has 2 saturated heterocycles. The van der Waals surface area contributed by atoms with Crippen molar-refractivity contribution in [3.8, 4) is 11.5 Å². The highest BCUT2D eigenvalue weighted by molar-refractivity contribution is 5.44. The van der Waals surface area contributed by atoms with E-state index >= 15 is 0 Å². The Balaban J connectivity index is 1.09. The molecule has 0 unspecified atom stereocenters. The van der Waals surface area contributed by atoms with Crippen molar-refractivity contribution in [2.75, 3.05) is 46.1 Å². The number of aromatic amines is 1. The Morgan fingerprint density at radius 3 is 2.69 bits per heavy atom. The van der Waals surface area contributed by atoms with E-state index in [1.807, 2.05) is 6.07 Å². The van der Waals surface area contributed by atoms with Crippen LogP contribution < -0.4 is 9.47 Å². The molecule has 2 aromatic rings. The van der Waals surface area contributed by atoms with Gasteiger partial charge in [-0.05, 0) is 55.5 Å². The topological polar surface area (TPSA) is 56.9 Å². The molecule has 5 rings (SSSR count). The first-order chi connectivity index (χ1) is 15.6. The monoisotopic (exact) mass is 439 g/mol. The molecule has 0 bridgehead atoms. The molecule has 32 heavy (non-hydrogen) atoms. The normalized spacial score (nSPS) is 22.7. The Morgan fingerprint density at radius 2 is 1.84 bits per heavy atom. The number of rotatable bonds is 7. The molecule has 0 aliphatic carbocycles. The summed E-state index contributed by atoms with van der Waals surface area (Å²) in [6.07, 6.45) is 3.66. The molecule has 0 spiro atoms. The van der Waals surface area contributed by atoms with Gasteiger partial charge >= 0.3 is 0 Å². The van der Waals surface area contributed by atoms with E-state index in [4.69, 9.17) is 9.47 Å². The first-order valence-corrected chi connectivity index (χ1v) is 12.2. The number of ether oxygens (including phenoxy) is 2. The third kappa shape index (κ3) is 5.27. The Hall–Kier alpha value is -2.09. The zero-order valence-electron chi connectivity index (χ0n) is 19.6. The highest BCUT2D eigenvalue weighted by Gasteiger charge is 2.28. The van der Waals surface area contributed by atoms with Gasteiger partial charge in [0.25, 0.3) is 0 Å². The van der Waals surface area contributed by atoms with E-state index in [2.05, 4.69) is 56.9 Å². The van der Waals surface area contributed by atoms with E-state index in [0.717, 1.165) is 57.2 Å². The first-order valence-electron chi connectivity index (χ1n) is 12.2. The van der Waals surface area contributed by atoms with Crippen LogP contribution in [0.2, 0.25) is 0 Å². The number of benzene rings is 1. The summed E-state index contributed by atoms with van der Waals surface area (Å²) in [7, 11) is 0. The molecule has 7 heteroatoms. The maximum Gasteiger partial charge on any atom is 0.231 e. The Labute approximate surface area is 191 Å². The van der Waals surface area contributed by atoms with Gasteiger partial charge in [-0.3, -0.25) is 19.8 Å². The van der Waals surface area contributed by atoms with Crippen molar-refractivity contribution < 1.29 is 9.47 Å². The van der Waals surface area contributed by atoms with Crippen LogP contribution in [0, 0.1) is 5.92 Å². The van der Waals surface area contributed by atoms with Crippen LogP contribution in [0.3, 0.4) is 0 Å². The minimum Gasteiger partial charge on any atom is -0.454 e. The fraction of sp³-hybridized carbons (Fsp3) is 0.640. The number of piperidine rings is 1. The van der Waals surface area contributed by atoms with Crippen molar-refractivity contribution in [3.05, 3.63) is 41.2 Å². The molecule has 1 atom stereocenters. The van der Waals surface area contributed by atoms with Crippen molar-refractivity contribution >= 4 is 0 Å². The summed E-state index contributed by atoms with van der Waals surface area (Å²) in [6.45, 7) is 13.8. The molecule has 2 fully saturated rings. The Morgan fingerprint density at radius 1 is 1.00 bits per heavy atom. The molecular weight excluding hydrogens is 402 g/mol. The quantitative estimate of drug-likeness (QED) is 0.715. The van der Waals surface area contributed by atoms with E-state index < -0.39 is 0 Å². The molecule has 1 N–H and O–H groups in total. The Kier molecular flexibility index (Phi) is 6.67. The zero-order chi connectivity index (χ0) is 21.9. The third-order valence-electron chi connectivity index (χ3n) is 6.94. The van der Waals surface area contributed by atoms with Crippen molar-refractivity contribution in [2.45, 2.75) is 52.2 Å². The largest absolute Gasteiger partial charge is 0.454 e. The number of H-pyrrole nitrogens is 1. The lowest BCUT2D eigenvalue weighted by atomic mass is 10.0. The number of hydrogen-bond donors (Lipinski definition) is 1. The van der Waals surface area contributed by atoms with Crippen molar-refractivity contribution in [2.24, 2.45) is 5.92 Å². The lowest BCUT2D eigenvalue weighted by Crippen LogP contribution is -2.54. The molecule has 3 aliphatic rings. The fourth-order valence-electron chi connectivity index (χ4n) is 5.31. The number of likely N-dealkylation sites (tertiary alicyclic amines) is 1. The summed E-state index contributed by atoms with van der Waals surface area (Å²) < 4.78 is 11.0. The molecule has 174 valence electrons. The number of hydrogen-bond acceptors (Lipinski definition) is 6. The average molecular weight is 440 g/mol. The number of aromatic nitrogens is 2.